The van der Waals surface area contributed by atoms with Crippen LogP contribution in [0.25, 0.3) is 0 Å². The summed E-state index contributed by atoms with van der Waals surface area (Å²) >= 11 is 0. The number of hydrogen-bond donors (Lipinski definition) is 2. The molecular weight excluding hydrogens is 538 g/mol. The van der Waals surface area contributed by atoms with E-state index in [9.17, 15) is 9.59 Å². The van der Waals surface area contributed by atoms with Crippen molar-refractivity contribution in [2.24, 2.45) is 0 Å². The molecule has 43 heavy (non-hydrogen) atoms. The molecule has 218 valence electrons. The van der Waals surface area contributed by atoms with Gasteiger partial charge in [-0.25, -0.2) is 4.79 Å². The van der Waals surface area contributed by atoms with Crippen LogP contribution in [0.4, 0.5) is 0 Å². The van der Waals surface area contributed by atoms with Gasteiger partial charge in [0.25, 0.3) is 5.56 Å². The van der Waals surface area contributed by atoms with Crippen LogP contribution >= 0.6 is 0 Å². The maximum atomic E-state index is 12.8. The van der Waals surface area contributed by atoms with Crippen molar-refractivity contribution in [3.05, 3.63) is 176 Å². The van der Waals surface area contributed by atoms with Gasteiger partial charge in [0.05, 0.1) is 12.7 Å². The summed E-state index contributed by atoms with van der Waals surface area (Å²) in [5.41, 5.74) is 2.82. The largest absolute Gasteiger partial charge is 0.358 e. The van der Waals surface area contributed by atoms with Crippen LogP contribution in [0.3, 0.4) is 0 Å². The predicted octanol–water partition coefficient (Wildman–Crippen LogP) is 5.30. The van der Waals surface area contributed by atoms with Gasteiger partial charge in [-0.05, 0) is 29.2 Å². The maximum Gasteiger partial charge on any atom is 0.330 e. The SMILES string of the molecule is Cc1cn([C@H]2C[C@H](NCc3ccccc3)[C@@H](COC(c3ccccc3)(c3ccccc3)c3ccccc3)O2)c(=O)[nH]c1=O. The molecular formula is C36H35N3O4. The molecule has 1 aliphatic heterocycles. The van der Waals surface area contributed by atoms with Crippen LogP contribution in [0, 0.1) is 6.92 Å². The summed E-state index contributed by atoms with van der Waals surface area (Å²) in [6.45, 7) is 2.57. The molecule has 0 radical (unpaired) electrons. The Morgan fingerprint density at radius 2 is 1.33 bits per heavy atom. The van der Waals surface area contributed by atoms with Gasteiger partial charge in [-0.15, -0.1) is 0 Å². The average Bonchev–Trinajstić information content (AvgIpc) is 3.47. The number of aromatic amines is 1. The van der Waals surface area contributed by atoms with Crippen molar-refractivity contribution in [3.63, 3.8) is 0 Å². The molecule has 2 N–H and O–H groups in total. The number of H-pyrrole nitrogens is 1. The van der Waals surface area contributed by atoms with Gasteiger partial charge in [0.15, 0.2) is 0 Å². The number of aryl methyl sites for hydroxylation is 1. The Morgan fingerprint density at radius 1 is 0.814 bits per heavy atom. The lowest BCUT2D eigenvalue weighted by Gasteiger charge is -2.37. The first kappa shape index (κ1) is 28.6. The molecule has 0 saturated carbocycles. The van der Waals surface area contributed by atoms with E-state index in [2.05, 4.69) is 58.8 Å². The molecule has 7 nitrogen and oxygen atoms in total. The molecule has 0 bridgehead atoms. The lowest BCUT2D eigenvalue weighted by Crippen LogP contribution is -2.42. The molecule has 1 aromatic heterocycles. The Kier molecular flexibility index (Phi) is 8.47. The third-order valence-electron chi connectivity index (χ3n) is 8.11. The third-order valence-corrected chi connectivity index (χ3v) is 8.11. The molecule has 5 aromatic rings. The van der Waals surface area contributed by atoms with E-state index in [0.717, 1.165) is 22.3 Å². The molecule has 0 unspecified atom stereocenters. The van der Waals surface area contributed by atoms with Crippen molar-refractivity contribution in [1.29, 1.82) is 0 Å². The second-order valence-electron chi connectivity index (χ2n) is 10.9. The van der Waals surface area contributed by atoms with Crippen LogP contribution in [0.15, 0.2) is 137 Å². The Labute approximate surface area is 250 Å². The van der Waals surface area contributed by atoms with Gasteiger partial charge >= 0.3 is 5.69 Å². The minimum absolute atomic E-state index is 0.121. The van der Waals surface area contributed by atoms with Gasteiger partial charge in [0.2, 0.25) is 0 Å². The first-order valence-corrected chi connectivity index (χ1v) is 14.6. The van der Waals surface area contributed by atoms with Crippen molar-refractivity contribution < 1.29 is 9.47 Å². The Hall–Kier alpha value is -4.56. The van der Waals surface area contributed by atoms with Gasteiger partial charge in [-0.3, -0.25) is 14.3 Å². The molecule has 3 atom stereocenters. The van der Waals surface area contributed by atoms with Crippen LogP contribution in [0.1, 0.15) is 40.5 Å². The molecule has 0 aliphatic carbocycles. The summed E-state index contributed by atoms with van der Waals surface area (Å²) < 4.78 is 15.2. The molecule has 0 spiro atoms. The summed E-state index contributed by atoms with van der Waals surface area (Å²) in [5, 5.41) is 3.66. The molecule has 4 aromatic carbocycles. The van der Waals surface area contributed by atoms with E-state index in [-0.39, 0.29) is 18.8 Å². The van der Waals surface area contributed by atoms with E-state index in [1.165, 1.54) is 4.57 Å². The average molecular weight is 574 g/mol. The van der Waals surface area contributed by atoms with Crippen molar-refractivity contribution in [2.45, 2.75) is 43.9 Å². The van der Waals surface area contributed by atoms with Gasteiger partial charge < -0.3 is 14.8 Å². The van der Waals surface area contributed by atoms with E-state index in [4.69, 9.17) is 9.47 Å². The predicted molar refractivity (Wildman–Crippen MR) is 167 cm³/mol. The topological polar surface area (TPSA) is 85.3 Å². The van der Waals surface area contributed by atoms with Crippen molar-refractivity contribution in [3.8, 4) is 0 Å². The quantitative estimate of drug-likeness (QED) is 0.222. The highest BCUT2D eigenvalue weighted by molar-refractivity contribution is 5.47. The zero-order valence-corrected chi connectivity index (χ0v) is 24.1. The number of nitrogens with zero attached hydrogens (tertiary/aromatic N) is 1. The fourth-order valence-electron chi connectivity index (χ4n) is 5.89. The van der Waals surface area contributed by atoms with Crippen LogP contribution in [0.5, 0.6) is 0 Å². The fourth-order valence-corrected chi connectivity index (χ4v) is 5.89. The highest BCUT2D eigenvalue weighted by Crippen LogP contribution is 2.41. The molecule has 6 rings (SSSR count). The summed E-state index contributed by atoms with van der Waals surface area (Å²) in [4.78, 5) is 27.3. The Balaban J connectivity index is 1.37. The number of benzene rings is 4. The zero-order chi connectivity index (χ0) is 29.6. The highest BCUT2D eigenvalue weighted by Gasteiger charge is 2.42. The Bertz CT molecular complexity index is 1640. The number of rotatable bonds is 10. The van der Waals surface area contributed by atoms with E-state index >= 15 is 0 Å². The number of nitrogens with one attached hydrogen (secondary N) is 2. The third kappa shape index (κ3) is 6.01. The summed E-state index contributed by atoms with van der Waals surface area (Å²) in [6, 6.07) is 40.7. The number of hydrogen-bond acceptors (Lipinski definition) is 5. The van der Waals surface area contributed by atoms with Gasteiger partial charge in [-0.1, -0.05) is 121 Å². The first-order chi connectivity index (χ1) is 21.0. The number of ether oxygens (including phenoxy) is 2. The number of aromatic nitrogens is 2. The van der Waals surface area contributed by atoms with E-state index in [1.807, 2.05) is 72.8 Å². The summed E-state index contributed by atoms with van der Waals surface area (Å²) in [5.74, 6) is 0. The zero-order valence-electron chi connectivity index (χ0n) is 24.1. The van der Waals surface area contributed by atoms with Crippen LogP contribution in [-0.4, -0.2) is 28.3 Å². The molecule has 1 saturated heterocycles. The highest BCUT2D eigenvalue weighted by atomic mass is 16.6. The van der Waals surface area contributed by atoms with Crippen LogP contribution in [-0.2, 0) is 21.6 Å². The smallest absolute Gasteiger partial charge is 0.330 e. The van der Waals surface area contributed by atoms with Crippen LogP contribution < -0.4 is 16.6 Å². The lowest BCUT2D eigenvalue weighted by molar-refractivity contribution is -0.0814. The van der Waals surface area contributed by atoms with Crippen molar-refractivity contribution >= 4 is 0 Å². The fraction of sp³-hybridized carbons (Fsp3) is 0.222. The minimum atomic E-state index is -0.902. The second kappa shape index (κ2) is 12.8. The molecule has 1 fully saturated rings. The van der Waals surface area contributed by atoms with Crippen LogP contribution in [0.2, 0.25) is 0 Å². The van der Waals surface area contributed by atoms with E-state index in [1.54, 1.807) is 13.1 Å². The first-order valence-electron chi connectivity index (χ1n) is 14.6. The van der Waals surface area contributed by atoms with Crippen molar-refractivity contribution in [2.75, 3.05) is 6.61 Å². The summed E-state index contributed by atoms with van der Waals surface area (Å²) in [6.07, 6.45) is 1.15. The molecule has 1 aliphatic rings. The van der Waals surface area contributed by atoms with Gasteiger partial charge in [0.1, 0.15) is 11.8 Å². The maximum absolute atomic E-state index is 12.8. The minimum Gasteiger partial charge on any atom is -0.358 e. The molecule has 0 amide bonds. The lowest BCUT2D eigenvalue weighted by atomic mass is 9.80. The molecule has 7 heteroatoms. The van der Waals surface area contributed by atoms with Crippen molar-refractivity contribution in [1.82, 2.24) is 14.9 Å². The van der Waals surface area contributed by atoms with Gasteiger partial charge in [0, 0.05) is 30.8 Å². The standard InChI is InChI=1S/C36H35N3O4/c1-26-24-39(35(41)38-34(26)40)33-22-31(37-23-27-14-6-2-7-15-27)32(43-33)25-42-36(28-16-8-3-9-17-28,29-18-10-4-11-19-29)30-20-12-5-13-21-30/h2-21,24,31-33,37H,22-23,25H2,1H3,(H,38,40,41)/t31-,32+,33+/m0/s1. The van der Waals surface area contributed by atoms with E-state index < -0.39 is 23.1 Å². The van der Waals surface area contributed by atoms with Gasteiger partial charge in [-0.2, -0.15) is 0 Å². The van der Waals surface area contributed by atoms with E-state index in [0.29, 0.717) is 18.5 Å². The normalized spacial score (nSPS) is 18.5. The Morgan fingerprint density at radius 3 is 1.86 bits per heavy atom. The second-order valence-corrected chi connectivity index (χ2v) is 10.9. The monoisotopic (exact) mass is 573 g/mol. The summed E-state index contributed by atoms with van der Waals surface area (Å²) in [7, 11) is 0. The molecule has 2 heterocycles.